The van der Waals surface area contributed by atoms with Crippen molar-refractivity contribution in [2.45, 2.75) is 37.0 Å². The molecule has 1 aliphatic heterocycles. The average molecular weight is 351 g/mol. The Morgan fingerprint density at radius 1 is 1.17 bits per heavy atom. The third-order valence-corrected chi connectivity index (χ3v) is 6.38. The van der Waals surface area contributed by atoms with E-state index in [1.807, 2.05) is 0 Å². The molecule has 0 unspecified atom stereocenters. The van der Waals surface area contributed by atoms with Crippen LogP contribution in [0.3, 0.4) is 0 Å². The second-order valence-corrected chi connectivity index (χ2v) is 8.55. The van der Waals surface area contributed by atoms with Crippen molar-refractivity contribution >= 4 is 21.6 Å². The zero-order chi connectivity index (χ0) is 17.0. The fourth-order valence-electron chi connectivity index (χ4n) is 2.91. The summed E-state index contributed by atoms with van der Waals surface area (Å²) in [4.78, 5) is 12.2. The number of hydrogen-bond acceptors (Lipinski definition) is 4. The Hall–Kier alpha value is -1.44. The summed E-state index contributed by atoms with van der Waals surface area (Å²) in [6.07, 6.45) is 5.37. The number of nitrogens with zero attached hydrogens (tertiary/aromatic N) is 1. The van der Waals surface area contributed by atoms with Crippen molar-refractivity contribution in [3.05, 3.63) is 24.3 Å². The number of carbonyl (C=O) groups is 1. The van der Waals surface area contributed by atoms with E-state index in [0.717, 1.165) is 31.7 Å². The molecule has 1 aliphatic carbocycles. The molecule has 1 amide bonds. The SMILES string of the molecule is O=C(CNCC1CC1)Nc1cccc(S(=O)(=O)N2CCCCC2)c1. The van der Waals surface area contributed by atoms with Crippen molar-refractivity contribution < 1.29 is 13.2 Å². The summed E-state index contributed by atoms with van der Waals surface area (Å²) in [5, 5.41) is 5.89. The lowest BCUT2D eigenvalue weighted by Gasteiger charge is -2.26. The Morgan fingerprint density at radius 3 is 2.62 bits per heavy atom. The van der Waals surface area contributed by atoms with E-state index in [2.05, 4.69) is 10.6 Å². The second kappa shape index (κ2) is 7.63. The van der Waals surface area contributed by atoms with Crippen LogP contribution in [0.25, 0.3) is 0 Å². The van der Waals surface area contributed by atoms with Gasteiger partial charge in [0.05, 0.1) is 11.4 Å². The highest BCUT2D eigenvalue weighted by Gasteiger charge is 2.26. The van der Waals surface area contributed by atoms with Crippen LogP contribution in [-0.2, 0) is 14.8 Å². The van der Waals surface area contributed by atoms with E-state index >= 15 is 0 Å². The number of sulfonamides is 1. The van der Waals surface area contributed by atoms with Crippen LogP contribution in [0, 0.1) is 5.92 Å². The summed E-state index contributed by atoms with van der Waals surface area (Å²) in [5.41, 5.74) is 0.520. The first kappa shape index (κ1) is 17.4. The minimum absolute atomic E-state index is 0.150. The van der Waals surface area contributed by atoms with E-state index in [4.69, 9.17) is 0 Å². The van der Waals surface area contributed by atoms with Crippen molar-refractivity contribution in [2.75, 3.05) is 31.5 Å². The Labute approximate surface area is 143 Å². The molecule has 24 heavy (non-hydrogen) atoms. The maximum atomic E-state index is 12.7. The molecule has 1 aromatic carbocycles. The number of benzene rings is 1. The predicted molar refractivity (Wildman–Crippen MR) is 93.3 cm³/mol. The first-order valence-corrected chi connectivity index (χ1v) is 10.1. The van der Waals surface area contributed by atoms with E-state index < -0.39 is 10.0 Å². The number of anilines is 1. The molecule has 2 fully saturated rings. The summed E-state index contributed by atoms with van der Waals surface area (Å²) in [6, 6.07) is 6.52. The highest BCUT2D eigenvalue weighted by molar-refractivity contribution is 7.89. The van der Waals surface area contributed by atoms with E-state index in [1.54, 1.807) is 24.3 Å². The average Bonchev–Trinajstić information content (AvgIpc) is 3.40. The Balaban J connectivity index is 1.61. The normalized spacial score (nSPS) is 19.2. The number of amides is 1. The fourth-order valence-corrected chi connectivity index (χ4v) is 4.47. The van der Waals surface area contributed by atoms with Gasteiger partial charge in [0.25, 0.3) is 0 Å². The molecule has 132 valence electrons. The van der Waals surface area contributed by atoms with Crippen LogP contribution < -0.4 is 10.6 Å². The molecule has 6 nitrogen and oxygen atoms in total. The molecule has 2 aliphatic rings. The Bertz CT molecular complexity index is 680. The molecule has 0 bridgehead atoms. The molecule has 7 heteroatoms. The van der Waals surface area contributed by atoms with E-state index in [0.29, 0.717) is 18.8 Å². The molecule has 0 radical (unpaired) electrons. The van der Waals surface area contributed by atoms with Gasteiger partial charge in [-0.25, -0.2) is 8.42 Å². The van der Waals surface area contributed by atoms with Gasteiger partial charge in [0.15, 0.2) is 0 Å². The van der Waals surface area contributed by atoms with Crippen molar-refractivity contribution in [3.63, 3.8) is 0 Å². The Morgan fingerprint density at radius 2 is 1.92 bits per heavy atom. The quantitative estimate of drug-likeness (QED) is 0.785. The zero-order valence-corrected chi connectivity index (χ0v) is 14.6. The summed E-state index contributed by atoms with van der Waals surface area (Å²) in [5.74, 6) is 0.569. The molecule has 1 aromatic rings. The van der Waals surface area contributed by atoms with Gasteiger partial charge in [-0.2, -0.15) is 4.31 Å². The summed E-state index contributed by atoms with van der Waals surface area (Å²) >= 11 is 0. The van der Waals surface area contributed by atoms with Crippen LogP contribution in [0.2, 0.25) is 0 Å². The molecule has 0 aromatic heterocycles. The van der Waals surface area contributed by atoms with E-state index in [1.165, 1.54) is 17.1 Å². The number of nitrogens with one attached hydrogen (secondary N) is 2. The van der Waals surface area contributed by atoms with Gasteiger partial charge < -0.3 is 10.6 Å². The number of carbonyl (C=O) groups excluding carboxylic acids is 1. The van der Waals surface area contributed by atoms with E-state index in [9.17, 15) is 13.2 Å². The number of hydrogen-bond donors (Lipinski definition) is 2. The first-order valence-electron chi connectivity index (χ1n) is 8.66. The molecule has 0 spiro atoms. The van der Waals surface area contributed by atoms with Gasteiger partial charge >= 0.3 is 0 Å². The van der Waals surface area contributed by atoms with Gasteiger partial charge in [0.1, 0.15) is 0 Å². The van der Waals surface area contributed by atoms with Crippen LogP contribution in [0.5, 0.6) is 0 Å². The highest BCUT2D eigenvalue weighted by Crippen LogP contribution is 2.27. The maximum absolute atomic E-state index is 12.7. The van der Waals surface area contributed by atoms with Crippen LogP contribution in [0.15, 0.2) is 29.2 Å². The molecular weight excluding hydrogens is 326 g/mol. The van der Waals surface area contributed by atoms with Crippen LogP contribution in [0.1, 0.15) is 32.1 Å². The van der Waals surface area contributed by atoms with Crippen LogP contribution >= 0.6 is 0 Å². The summed E-state index contributed by atoms with van der Waals surface area (Å²) in [6.45, 7) is 2.27. The lowest BCUT2D eigenvalue weighted by molar-refractivity contribution is -0.115. The topological polar surface area (TPSA) is 78.5 Å². The molecule has 1 saturated heterocycles. The van der Waals surface area contributed by atoms with E-state index in [-0.39, 0.29) is 17.3 Å². The van der Waals surface area contributed by atoms with Crippen LogP contribution in [0.4, 0.5) is 5.69 Å². The number of rotatable bonds is 7. The maximum Gasteiger partial charge on any atom is 0.243 e. The third-order valence-electron chi connectivity index (χ3n) is 4.49. The van der Waals surface area contributed by atoms with Gasteiger partial charge in [0, 0.05) is 18.8 Å². The molecular formula is C17H25N3O3S. The minimum Gasteiger partial charge on any atom is -0.325 e. The molecule has 0 atom stereocenters. The lowest BCUT2D eigenvalue weighted by Crippen LogP contribution is -2.35. The first-order chi connectivity index (χ1) is 11.6. The van der Waals surface area contributed by atoms with Gasteiger partial charge in [-0.3, -0.25) is 4.79 Å². The van der Waals surface area contributed by atoms with Crippen molar-refractivity contribution in [1.82, 2.24) is 9.62 Å². The van der Waals surface area contributed by atoms with Gasteiger partial charge in [-0.1, -0.05) is 12.5 Å². The lowest BCUT2D eigenvalue weighted by atomic mass is 10.2. The van der Waals surface area contributed by atoms with Gasteiger partial charge in [0.2, 0.25) is 15.9 Å². The molecule has 1 saturated carbocycles. The van der Waals surface area contributed by atoms with Crippen molar-refractivity contribution in [1.29, 1.82) is 0 Å². The summed E-state index contributed by atoms with van der Waals surface area (Å²) < 4.78 is 26.9. The van der Waals surface area contributed by atoms with Crippen molar-refractivity contribution in [2.24, 2.45) is 5.92 Å². The van der Waals surface area contributed by atoms with Gasteiger partial charge in [-0.15, -0.1) is 0 Å². The molecule has 1 heterocycles. The largest absolute Gasteiger partial charge is 0.325 e. The number of piperidine rings is 1. The molecule has 2 N–H and O–H groups in total. The molecule has 3 rings (SSSR count). The Kier molecular flexibility index (Phi) is 5.53. The fraction of sp³-hybridized carbons (Fsp3) is 0.588. The van der Waals surface area contributed by atoms with Crippen molar-refractivity contribution in [3.8, 4) is 0 Å². The predicted octanol–water partition coefficient (Wildman–Crippen LogP) is 1.80. The standard InChI is InChI=1S/C17H25N3O3S/c21-17(13-18-12-14-7-8-14)19-15-5-4-6-16(11-15)24(22,23)20-9-2-1-3-10-20/h4-6,11,14,18H,1-3,7-10,12-13H2,(H,19,21). The summed E-state index contributed by atoms with van der Waals surface area (Å²) in [7, 11) is -3.47. The third kappa shape index (κ3) is 4.55. The monoisotopic (exact) mass is 351 g/mol. The zero-order valence-electron chi connectivity index (χ0n) is 13.8. The van der Waals surface area contributed by atoms with Crippen LogP contribution in [-0.4, -0.2) is 44.8 Å². The van der Waals surface area contributed by atoms with Gasteiger partial charge in [-0.05, 0) is 56.3 Å². The second-order valence-electron chi connectivity index (χ2n) is 6.62. The minimum atomic E-state index is -3.47. The smallest absolute Gasteiger partial charge is 0.243 e. The highest BCUT2D eigenvalue weighted by atomic mass is 32.2.